The van der Waals surface area contributed by atoms with Gasteiger partial charge in [-0.15, -0.1) is 0 Å². The number of nitrogen functional groups attached to an aromatic ring is 1. The van der Waals surface area contributed by atoms with Crippen LogP contribution in [0.15, 0.2) is 57.6 Å². The van der Waals surface area contributed by atoms with E-state index in [4.69, 9.17) is 5.73 Å². The molecule has 1 heterocycles. The second-order valence-corrected chi connectivity index (χ2v) is 6.12. The summed E-state index contributed by atoms with van der Waals surface area (Å²) in [5.41, 5.74) is 9.47. The van der Waals surface area contributed by atoms with Crippen molar-refractivity contribution in [1.82, 2.24) is 4.98 Å². The van der Waals surface area contributed by atoms with E-state index < -0.39 is 0 Å². The molecule has 0 aliphatic rings. The molecule has 0 saturated heterocycles. The van der Waals surface area contributed by atoms with Crippen LogP contribution in [-0.2, 0) is 0 Å². The molecular formula is C15H11Br2N3. The molecule has 5 heteroatoms. The molecule has 0 spiro atoms. The molecule has 0 amide bonds. The number of hydrogen-bond acceptors (Lipinski definition) is 3. The summed E-state index contributed by atoms with van der Waals surface area (Å²) in [6.45, 7) is 0. The highest BCUT2D eigenvalue weighted by Gasteiger charge is 2.07. The number of hydrogen-bond donors (Lipinski definition) is 2. The minimum Gasteiger partial charge on any atom is -0.398 e. The maximum absolute atomic E-state index is 5.99. The van der Waals surface area contributed by atoms with Gasteiger partial charge in [0.15, 0.2) is 0 Å². The van der Waals surface area contributed by atoms with Crippen LogP contribution in [0.4, 0.5) is 17.1 Å². The van der Waals surface area contributed by atoms with Gasteiger partial charge in [-0.25, -0.2) is 0 Å². The Balaban J connectivity index is 2.11. The molecule has 0 unspecified atom stereocenters. The van der Waals surface area contributed by atoms with Crippen LogP contribution in [0.25, 0.3) is 10.9 Å². The molecule has 3 aromatic rings. The molecule has 1 aromatic heterocycles. The first-order valence-electron chi connectivity index (χ1n) is 6.00. The Bertz CT molecular complexity index is 787. The molecule has 100 valence electrons. The molecule has 0 bridgehead atoms. The molecule has 20 heavy (non-hydrogen) atoms. The van der Waals surface area contributed by atoms with E-state index in [1.807, 2.05) is 42.5 Å². The third-order valence-corrected chi connectivity index (χ3v) is 4.19. The molecule has 0 saturated carbocycles. The Hall–Kier alpha value is -1.59. The van der Waals surface area contributed by atoms with Crippen LogP contribution in [0.2, 0.25) is 0 Å². The van der Waals surface area contributed by atoms with Gasteiger partial charge < -0.3 is 11.1 Å². The summed E-state index contributed by atoms with van der Waals surface area (Å²) in [5, 5.41) is 4.34. The van der Waals surface area contributed by atoms with Gasteiger partial charge in [0, 0.05) is 26.2 Å². The quantitative estimate of drug-likeness (QED) is 0.597. The monoisotopic (exact) mass is 391 g/mol. The number of benzene rings is 2. The third kappa shape index (κ3) is 2.51. The fourth-order valence-corrected chi connectivity index (χ4v) is 2.74. The zero-order valence-electron chi connectivity index (χ0n) is 10.4. The van der Waals surface area contributed by atoms with Crippen molar-refractivity contribution in [1.29, 1.82) is 0 Å². The first-order valence-corrected chi connectivity index (χ1v) is 7.59. The molecule has 0 fully saturated rings. The highest BCUT2D eigenvalue weighted by Crippen LogP contribution is 2.33. The molecule has 0 radical (unpaired) electrons. The van der Waals surface area contributed by atoms with Crippen LogP contribution < -0.4 is 11.1 Å². The average molecular weight is 393 g/mol. The Morgan fingerprint density at radius 2 is 1.85 bits per heavy atom. The maximum atomic E-state index is 5.99. The van der Waals surface area contributed by atoms with Crippen molar-refractivity contribution in [3.8, 4) is 0 Å². The van der Waals surface area contributed by atoms with Crippen molar-refractivity contribution in [3.05, 3.63) is 57.6 Å². The summed E-state index contributed by atoms with van der Waals surface area (Å²) in [4.78, 5) is 4.42. The van der Waals surface area contributed by atoms with E-state index in [-0.39, 0.29) is 0 Å². The second-order valence-electron chi connectivity index (χ2n) is 4.35. The Morgan fingerprint density at radius 3 is 2.70 bits per heavy atom. The number of rotatable bonds is 2. The van der Waals surface area contributed by atoms with Gasteiger partial charge in [-0.2, -0.15) is 0 Å². The number of anilines is 3. The number of fused-ring (bicyclic) bond motifs is 1. The van der Waals surface area contributed by atoms with E-state index >= 15 is 0 Å². The van der Waals surface area contributed by atoms with E-state index in [1.165, 1.54) is 0 Å². The highest BCUT2D eigenvalue weighted by atomic mass is 79.9. The van der Waals surface area contributed by atoms with Crippen molar-refractivity contribution in [2.24, 2.45) is 0 Å². The molecule has 0 aliphatic carbocycles. The largest absolute Gasteiger partial charge is 0.398 e. The molecule has 3 rings (SSSR count). The van der Waals surface area contributed by atoms with Crippen LogP contribution in [0.3, 0.4) is 0 Å². The smallest absolute Gasteiger partial charge is 0.0957 e. The zero-order valence-corrected chi connectivity index (χ0v) is 13.6. The second kappa shape index (κ2) is 5.42. The molecular weight excluding hydrogens is 382 g/mol. The lowest BCUT2D eigenvalue weighted by atomic mass is 10.1. The van der Waals surface area contributed by atoms with E-state index in [0.29, 0.717) is 0 Å². The van der Waals surface area contributed by atoms with Crippen molar-refractivity contribution in [2.75, 3.05) is 11.1 Å². The van der Waals surface area contributed by atoms with Gasteiger partial charge in [-0.05, 0) is 58.4 Å². The standard InChI is InChI=1S/C15H11Br2N3/c16-9-3-4-11(17)14(8-9)20-13-6-5-12(18)10-2-1-7-19-15(10)13/h1-8,20H,18H2. The molecule has 0 atom stereocenters. The molecule has 2 aromatic carbocycles. The minimum atomic E-state index is 0.729. The summed E-state index contributed by atoms with van der Waals surface area (Å²) in [5.74, 6) is 0. The Morgan fingerprint density at radius 1 is 1.00 bits per heavy atom. The molecule has 3 N–H and O–H groups in total. The summed E-state index contributed by atoms with van der Waals surface area (Å²) >= 11 is 7.01. The van der Waals surface area contributed by atoms with Gasteiger partial charge >= 0.3 is 0 Å². The van der Waals surface area contributed by atoms with Crippen LogP contribution in [0.1, 0.15) is 0 Å². The Labute approximate surface area is 133 Å². The lowest BCUT2D eigenvalue weighted by Gasteiger charge is -2.12. The number of nitrogens with one attached hydrogen (secondary N) is 1. The lowest BCUT2D eigenvalue weighted by molar-refractivity contribution is 1.40. The van der Waals surface area contributed by atoms with E-state index in [2.05, 4.69) is 42.2 Å². The van der Waals surface area contributed by atoms with Gasteiger partial charge in [0.25, 0.3) is 0 Å². The first kappa shape index (κ1) is 13.4. The average Bonchev–Trinajstić information content (AvgIpc) is 2.46. The predicted octanol–water partition coefficient (Wildman–Crippen LogP) is 5.09. The fraction of sp³-hybridized carbons (Fsp3) is 0. The first-order chi connectivity index (χ1) is 9.65. The highest BCUT2D eigenvalue weighted by molar-refractivity contribution is 9.11. The van der Waals surface area contributed by atoms with Crippen molar-refractivity contribution in [3.63, 3.8) is 0 Å². The summed E-state index contributed by atoms with van der Waals surface area (Å²) in [6, 6.07) is 13.7. The van der Waals surface area contributed by atoms with Crippen LogP contribution in [-0.4, -0.2) is 4.98 Å². The number of pyridine rings is 1. The van der Waals surface area contributed by atoms with Crippen LogP contribution in [0.5, 0.6) is 0 Å². The normalized spacial score (nSPS) is 10.7. The SMILES string of the molecule is Nc1ccc(Nc2cc(Br)ccc2Br)c2ncccc12. The van der Waals surface area contributed by atoms with Gasteiger partial charge in [0.2, 0.25) is 0 Å². The van der Waals surface area contributed by atoms with E-state index in [0.717, 1.165) is 36.9 Å². The van der Waals surface area contributed by atoms with Crippen molar-refractivity contribution in [2.45, 2.75) is 0 Å². The van der Waals surface area contributed by atoms with Crippen LogP contribution >= 0.6 is 31.9 Å². The summed E-state index contributed by atoms with van der Waals surface area (Å²) in [6.07, 6.45) is 1.77. The molecule has 0 aliphatic heterocycles. The van der Waals surface area contributed by atoms with E-state index in [1.54, 1.807) is 6.20 Å². The minimum absolute atomic E-state index is 0.729. The van der Waals surface area contributed by atoms with Crippen molar-refractivity contribution >= 4 is 59.8 Å². The zero-order chi connectivity index (χ0) is 14.1. The number of nitrogens with zero attached hydrogens (tertiary/aromatic N) is 1. The Kier molecular flexibility index (Phi) is 3.63. The van der Waals surface area contributed by atoms with Crippen molar-refractivity contribution < 1.29 is 0 Å². The topological polar surface area (TPSA) is 50.9 Å². The fourth-order valence-electron chi connectivity index (χ4n) is 2.03. The van der Waals surface area contributed by atoms with Gasteiger partial charge in [0.05, 0.1) is 16.9 Å². The van der Waals surface area contributed by atoms with Gasteiger partial charge in [-0.1, -0.05) is 15.9 Å². The van der Waals surface area contributed by atoms with Gasteiger partial charge in [-0.3, -0.25) is 4.98 Å². The van der Waals surface area contributed by atoms with E-state index in [9.17, 15) is 0 Å². The number of halogens is 2. The number of aromatic nitrogens is 1. The third-order valence-electron chi connectivity index (χ3n) is 3.00. The number of nitrogens with two attached hydrogens (primary N) is 1. The maximum Gasteiger partial charge on any atom is 0.0957 e. The lowest BCUT2D eigenvalue weighted by Crippen LogP contribution is -1.96. The summed E-state index contributed by atoms with van der Waals surface area (Å²) < 4.78 is 2.00. The van der Waals surface area contributed by atoms with Gasteiger partial charge in [0.1, 0.15) is 0 Å². The molecule has 3 nitrogen and oxygen atoms in total. The van der Waals surface area contributed by atoms with Crippen LogP contribution in [0, 0.1) is 0 Å². The predicted molar refractivity (Wildman–Crippen MR) is 91.3 cm³/mol. The summed E-state index contributed by atoms with van der Waals surface area (Å²) in [7, 11) is 0.